The van der Waals surface area contributed by atoms with Crippen molar-refractivity contribution in [2.45, 2.75) is 37.3 Å². The van der Waals surface area contributed by atoms with Crippen molar-refractivity contribution in [3.8, 4) is 0 Å². The number of halogens is 5. The minimum atomic E-state index is -5.94. The third-order valence-corrected chi connectivity index (χ3v) is 1.67. The monoisotopic (exact) mass is 224 g/mol. The lowest BCUT2D eigenvalue weighted by Gasteiger charge is -2.34. The number of rotatable bonds is 3. The molecule has 0 saturated heterocycles. The van der Waals surface area contributed by atoms with Crippen LogP contribution >= 0.6 is 0 Å². The normalized spacial score (nSPS) is 16.9. The van der Waals surface area contributed by atoms with Gasteiger partial charge in [0.2, 0.25) is 0 Å². The van der Waals surface area contributed by atoms with E-state index in [1.165, 1.54) is 0 Å². The zero-order valence-corrected chi connectivity index (χ0v) is 7.02. The summed E-state index contributed by atoms with van der Waals surface area (Å²) >= 11 is 0. The summed E-state index contributed by atoms with van der Waals surface area (Å²) in [6, 6.07) is 0. The van der Waals surface area contributed by atoms with E-state index in [4.69, 9.17) is 15.3 Å². The second kappa shape index (κ2) is 3.59. The van der Waals surface area contributed by atoms with Crippen molar-refractivity contribution in [2.24, 2.45) is 0 Å². The average molecular weight is 224 g/mol. The molecule has 3 nitrogen and oxygen atoms in total. The van der Waals surface area contributed by atoms with Crippen LogP contribution in [0.5, 0.6) is 0 Å². The van der Waals surface area contributed by atoms with Crippen LogP contribution in [0.1, 0.15) is 13.3 Å². The van der Waals surface area contributed by atoms with Gasteiger partial charge in [-0.15, -0.1) is 0 Å². The highest BCUT2D eigenvalue weighted by atomic mass is 19.4. The van der Waals surface area contributed by atoms with Crippen LogP contribution in [0.2, 0.25) is 0 Å². The van der Waals surface area contributed by atoms with Gasteiger partial charge in [0.05, 0.1) is 0 Å². The summed E-state index contributed by atoms with van der Waals surface area (Å²) in [5.41, 5.74) is 0. The molecule has 0 bridgehead atoms. The van der Waals surface area contributed by atoms with Crippen LogP contribution in [-0.4, -0.2) is 39.3 Å². The van der Waals surface area contributed by atoms with Crippen LogP contribution in [0.15, 0.2) is 0 Å². The molecule has 1 atom stereocenters. The molecule has 0 fully saturated rings. The van der Waals surface area contributed by atoms with E-state index in [2.05, 4.69) is 0 Å². The number of aliphatic hydroxyl groups excluding tert-OH is 1. The molecule has 1 unspecified atom stereocenters. The summed E-state index contributed by atoms with van der Waals surface area (Å²) in [4.78, 5) is 0. The molecule has 0 aliphatic rings. The van der Waals surface area contributed by atoms with Crippen LogP contribution < -0.4 is 0 Å². The van der Waals surface area contributed by atoms with E-state index in [0.29, 0.717) is 0 Å². The predicted molar refractivity (Wildman–Crippen MR) is 34.5 cm³/mol. The van der Waals surface area contributed by atoms with Crippen molar-refractivity contribution >= 4 is 0 Å². The third kappa shape index (κ3) is 1.96. The summed E-state index contributed by atoms with van der Waals surface area (Å²) in [6.45, 7) is 0.977. The maximum absolute atomic E-state index is 12.6. The molecule has 0 spiro atoms. The lowest BCUT2D eigenvalue weighted by atomic mass is 10.0. The molecule has 0 saturated carbocycles. The van der Waals surface area contributed by atoms with E-state index < -0.39 is 30.4 Å². The summed E-state index contributed by atoms with van der Waals surface area (Å²) in [5.74, 6) is -10.3. The molecule has 86 valence electrons. The lowest BCUT2D eigenvalue weighted by Crippen LogP contribution is -2.63. The maximum Gasteiger partial charge on any atom is 0.449 e. The van der Waals surface area contributed by atoms with E-state index in [1.807, 2.05) is 0 Å². The molecule has 0 heterocycles. The van der Waals surface area contributed by atoms with E-state index in [9.17, 15) is 22.0 Å². The van der Waals surface area contributed by atoms with Gasteiger partial charge in [0.25, 0.3) is 0 Å². The molecule has 0 aliphatic carbocycles. The minimum absolute atomic E-state index is 0.744. The molecule has 0 aromatic carbocycles. The molecule has 8 heteroatoms. The van der Waals surface area contributed by atoms with E-state index in [0.717, 1.165) is 6.92 Å². The molecular weight excluding hydrogens is 215 g/mol. The molecule has 0 rings (SSSR count). The summed E-state index contributed by atoms with van der Waals surface area (Å²) in [6.07, 6.45) is -9.46. The van der Waals surface area contributed by atoms with Gasteiger partial charge in [-0.1, -0.05) is 6.92 Å². The van der Waals surface area contributed by atoms with Gasteiger partial charge >= 0.3 is 17.9 Å². The van der Waals surface area contributed by atoms with Gasteiger partial charge < -0.3 is 15.3 Å². The summed E-state index contributed by atoms with van der Waals surface area (Å²) in [5, 5.41) is 24.9. The number of alkyl halides is 5. The average Bonchev–Trinajstić information content (AvgIpc) is 2.00. The molecule has 14 heavy (non-hydrogen) atoms. The van der Waals surface area contributed by atoms with Crippen LogP contribution in [-0.2, 0) is 0 Å². The second-order valence-corrected chi connectivity index (χ2v) is 2.72. The predicted octanol–water partition coefficient (Wildman–Crippen LogP) is 0.636. The fourth-order valence-corrected chi connectivity index (χ4v) is 0.678. The van der Waals surface area contributed by atoms with Gasteiger partial charge in [0.1, 0.15) is 6.10 Å². The fraction of sp³-hybridized carbons (Fsp3) is 1.00. The quantitative estimate of drug-likeness (QED) is 0.487. The van der Waals surface area contributed by atoms with Gasteiger partial charge in [-0.05, 0) is 6.42 Å². The van der Waals surface area contributed by atoms with Gasteiger partial charge in [0.15, 0.2) is 0 Å². The first-order valence-electron chi connectivity index (χ1n) is 3.55. The van der Waals surface area contributed by atoms with Crippen molar-refractivity contribution in [3.05, 3.63) is 0 Å². The van der Waals surface area contributed by atoms with Crippen molar-refractivity contribution < 1.29 is 37.3 Å². The Labute approximate surface area is 75.8 Å². The zero-order valence-electron chi connectivity index (χ0n) is 7.02. The van der Waals surface area contributed by atoms with Gasteiger partial charge in [0, 0.05) is 0 Å². The Morgan fingerprint density at radius 1 is 1.07 bits per heavy atom. The van der Waals surface area contributed by atoms with E-state index >= 15 is 0 Å². The Bertz CT molecular complexity index is 200. The summed E-state index contributed by atoms with van der Waals surface area (Å²) in [7, 11) is 0. The first kappa shape index (κ1) is 13.5. The summed E-state index contributed by atoms with van der Waals surface area (Å²) < 4.78 is 60.4. The molecule has 0 aromatic rings. The van der Waals surface area contributed by atoms with Crippen molar-refractivity contribution in [1.82, 2.24) is 0 Å². The molecule has 3 N–H and O–H groups in total. The number of hydrogen-bond donors (Lipinski definition) is 3. The van der Waals surface area contributed by atoms with Crippen molar-refractivity contribution in [3.63, 3.8) is 0 Å². The highest BCUT2D eigenvalue weighted by Gasteiger charge is 2.71. The smallest absolute Gasteiger partial charge is 0.387 e. The molecule has 0 radical (unpaired) electrons. The SMILES string of the molecule is CCC(O)C(F)(F)C(O)(O)C(F)(F)F. The fourth-order valence-electron chi connectivity index (χ4n) is 0.678. The highest BCUT2D eigenvalue weighted by Crippen LogP contribution is 2.42. The van der Waals surface area contributed by atoms with E-state index in [1.54, 1.807) is 0 Å². The molecule has 0 aromatic heterocycles. The van der Waals surface area contributed by atoms with Gasteiger partial charge in [-0.2, -0.15) is 22.0 Å². The highest BCUT2D eigenvalue weighted by molar-refractivity contribution is 4.94. The molecule has 0 aliphatic heterocycles. The van der Waals surface area contributed by atoms with Gasteiger partial charge in [-0.25, -0.2) is 0 Å². The minimum Gasteiger partial charge on any atom is -0.387 e. The standard InChI is InChI=1S/C6H9F5O3/c1-2-3(12)4(7,8)5(13,14)6(9,10)11/h3,12-14H,2H2,1H3. The molecule has 0 amide bonds. The first-order chi connectivity index (χ1) is 5.98. The first-order valence-corrected chi connectivity index (χ1v) is 3.55. The van der Waals surface area contributed by atoms with Crippen LogP contribution in [0, 0.1) is 0 Å². The second-order valence-electron chi connectivity index (χ2n) is 2.72. The Kier molecular flexibility index (Phi) is 3.47. The Morgan fingerprint density at radius 2 is 1.43 bits per heavy atom. The Hall–Kier alpha value is -0.470. The number of aliphatic hydroxyl groups is 3. The zero-order chi connectivity index (χ0) is 11.8. The van der Waals surface area contributed by atoms with Crippen LogP contribution in [0.3, 0.4) is 0 Å². The molecular formula is C6H9F5O3. The number of hydrogen-bond acceptors (Lipinski definition) is 3. The van der Waals surface area contributed by atoms with Crippen molar-refractivity contribution in [1.29, 1.82) is 0 Å². The Balaban J connectivity index is 5.07. The topological polar surface area (TPSA) is 60.7 Å². The Morgan fingerprint density at radius 3 is 1.64 bits per heavy atom. The largest absolute Gasteiger partial charge is 0.449 e. The maximum atomic E-state index is 12.6. The van der Waals surface area contributed by atoms with E-state index in [-0.39, 0.29) is 0 Å². The van der Waals surface area contributed by atoms with Crippen molar-refractivity contribution in [2.75, 3.05) is 0 Å². The van der Waals surface area contributed by atoms with Crippen LogP contribution in [0.25, 0.3) is 0 Å². The third-order valence-electron chi connectivity index (χ3n) is 1.67. The van der Waals surface area contributed by atoms with Crippen LogP contribution in [0.4, 0.5) is 22.0 Å². The van der Waals surface area contributed by atoms with Gasteiger partial charge in [-0.3, -0.25) is 0 Å². The lowest BCUT2D eigenvalue weighted by molar-refractivity contribution is -0.428.